The van der Waals surface area contributed by atoms with Gasteiger partial charge in [-0.3, -0.25) is 4.79 Å². The van der Waals surface area contributed by atoms with Crippen LogP contribution in [0.15, 0.2) is 60.7 Å². The van der Waals surface area contributed by atoms with E-state index < -0.39 is 0 Å². The second-order valence-electron chi connectivity index (χ2n) is 5.94. The molecule has 0 spiro atoms. The normalized spacial score (nSPS) is 10.5. The van der Waals surface area contributed by atoms with Gasteiger partial charge >= 0.3 is 0 Å². The molecule has 0 radical (unpaired) electrons. The number of amides is 1. The number of carbonyl (C=O) groups excluding carboxylic acids is 1. The van der Waals surface area contributed by atoms with Crippen molar-refractivity contribution >= 4 is 17.4 Å². The van der Waals surface area contributed by atoms with Crippen molar-refractivity contribution in [1.82, 2.24) is 9.78 Å². The summed E-state index contributed by atoms with van der Waals surface area (Å²) in [5.74, 6) is 0.942. The third-order valence-electron chi connectivity index (χ3n) is 3.79. The Labute approximate surface area is 152 Å². The summed E-state index contributed by atoms with van der Waals surface area (Å²) in [6.07, 6.45) is 1.23. The zero-order valence-electron chi connectivity index (χ0n) is 14.7. The molecule has 0 aliphatic heterocycles. The maximum atomic E-state index is 11.9. The van der Waals surface area contributed by atoms with Gasteiger partial charge in [0.1, 0.15) is 6.61 Å². The van der Waals surface area contributed by atoms with Crippen LogP contribution in [0.3, 0.4) is 0 Å². The molecule has 3 aromatic rings. The molecular formula is C20H22N4O2. The fraction of sp³-hybridized carbons (Fsp3) is 0.200. The zero-order chi connectivity index (χ0) is 18.4. The van der Waals surface area contributed by atoms with Crippen LogP contribution in [0.25, 0.3) is 5.69 Å². The third kappa shape index (κ3) is 4.42. The maximum absolute atomic E-state index is 11.9. The van der Waals surface area contributed by atoms with E-state index in [1.807, 2.05) is 49.4 Å². The molecule has 0 aliphatic carbocycles. The summed E-state index contributed by atoms with van der Waals surface area (Å²) in [7, 11) is 0. The predicted octanol–water partition coefficient (Wildman–Crippen LogP) is 3.77. The van der Waals surface area contributed by atoms with Crippen molar-refractivity contribution in [3.05, 3.63) is 66.2 Å². The quantitative estimate of drug-likeness (QED) is 0.636. The molecule has 26 heavy (non-hydrogen) atoms. The Hall–Kier alpha value is -3.28. The largest absolute Gasteiger partial charge is 0.473 e. The van der Waals surface area contributed by atoms with Gasteiger partial charge in [0.15, 0.2) is 5.82 Å². The Balaban J connectivity index is 1.85. The number of nitrogen functional groups attached to an aromatic ring is 1. The van der Waals surface area contributed by atoms with Gasteiger partial charge in [0, 0.05) is 18.2 Å². The first-order valence-electron chi connectivity index (χ1n) is 8.58. The van der Waals surface area contributed by atoms with E-state index in [4.69, 9.17) is 10.5 Å². The molecule has 0 aliphatic rings. The van der Waals surface area contributed by atoms with E-state index in [0.717, 1.165) is 17.7 Å². The van der Waals surface area contributed by atoms with E-state index in [9.17, 15) is 4.79 Å². The van der Waals surface area contributed by atoms with E-state index in [-0.39, 0.29) is 5.91 Å². The second-order valence-corrected chi connectivity index (χ2v) is 5.94. The molecule has 0 unspecified atom stereocenters. The Kier molecular flexibility index (Phi) is 5.53. The highest BCUT2D eigenvalue weighted by molar-refractivity contribution is 5.89. The van der Waals surface area contributed by atoms with Crippen LogP contribution in [0.5, 0.6) is 5.88 Å². The van der Waals surface area contributed by atoms with Gasteiger partial charge in [-0.1, -0.05) is 37.3 Å². The van der Waals surface area contributed by atoms with E-state index in [2.05, 4.69) is 10.4 Å². The van der Waals surface area contributed by atoms with Crippen LogP contribution in [0.4, 0.5) is 11.5 Å². The number of nitrogens with two attached hydrogens (primary N) is 1. The first-order valence-corrected chi connectivity index (χ1v) is 8.58. The minimum absolute atomic E-state index is 0.0657. The first-order chi connectivity index (χ1) is 12.7. The van der Waals surface area contributed by atoms with Crippen LogP contribution >= 0.6 is 0 Å². The lowest BCUT2D eigenvalue weighted by atomic mass is 10.2. The summed E-state index contributed by atoms with van der Waals surface area (Å²) in [6, 6.07) is 18.9. The minimum atomic E-state index is -0.0657. The van der Waals surface area contributed by atoms with Crippen molar-refractivity contribution < 1.29 is 9.53 Å². The zero-order valence-corrected chi connectivity index (χ0v) is 14.7. The monoisotopic (exact) mass is 350 g/mol. The summed E-state index contributed by atoms with van der Waals surface area (Å²) in [5.41, 5.74) is 8.29. The van der Waals surface area contributed by atoms with Gasteiger partial charge < -0.3 is 15.8 Å². The van der Waals surface area contributed by atoms with E-state index in [1.165, 1.54) is 0 Å². The summed E-state index contributed by atoms with van der Waals surface area (Å²) in [5, 5.41) is 7.27. The van der Waals surface area contributed by atoms with Crippen LogP contribution in [0.1, 0.15) is 25.3 Å². The van der Waals surface area contributed by atoms with Crippen LogP contribution in [-0.4, -0.2) is 15.7 Å². The molecular weight excluding hydrogens is 328 g/mol. The summed E-state index contributed by atoms with van der Waals surface area (Å²) < 4.78 is 7.60. The van der Waals surface area contributed by atoms with Gasteiger partial charge in [0.2, 0.25) is 11.8 Å². The van der Waals surface area contributed by atoms with Gasteiger partial charge in [0.25, 0.3) is 0 Å². The number of hydrogen-bond acceptors (Lipinski definition) is 4. The highest BCUT2D eigenvalue weighted by atomic mass is 16.5. The van der Waals surface area contributed by atoms with Crippen LogP contribution in [-0.2, 0) is 11.4 Å². The molecule has 0 fully saturated rings. The number of hydrogen-bond donors (Lipinski definition) is 2. The molecule has 6 heteroatoms. The van der Waals surface area contributed by atoms with Crippen LogP contribution in [0.2, 0.25) is 0 Å². The highest BCUT2D eigenvalue weighted by Crippen LogP contribution is 2.24. The Morgan fingerprint density at radius 3 is 2.58 bits per heavy atom. The number of nitrogens with one attached hydrogen (secondary N) is 1. The SMILES string of the molecule is CCCC(=O)Nc1cc(OCc2ccccc2)n(-c2ccc(N)cc2)n1. The van der Waals surface area contributed by atoms with Gasteiger partial charge in [-0.05, 0) is 36.2 Å². The smallest absolute Gasteiger partial charge is 0.225 e. The standard InChI is InChI=1S/C20H22N4O2/c1-2-6-19(25)22-18-13-20(26-14-15-7-4-3-5-8-15)24(23-18)17-11-9-16(21)10-12-17/h3-5,7-13H,2,6,14,21H2,1H3,(H,22,23,25). The van der Waals surface area contributed by atoms with Gasteiger partial charge in [-0.25, -0.2) is 0 Å². The predicted molar refractivity (Wildman–Crippen MR) is 102 cm³/mol. The highest BCUT2D eigenvalue weighted by Gasteiger charge is 2.13. The van der Waals surface area contributed by atoms with Crippen LogP contribution in [0, 0.1) is 0 Å². The molecule has 0 saturated heterocycles. The Bertz CT molecular complexity index is 857. The maximum Gasteiger partial charge on any atom is 0.225 e. The minimum Gasteiger partial charge on any atom is -0.473 e. The van der Waals surface area contributed by atoms with Gasteiger partial charge in [-0.2, -0.15) is 4.68 Å². The molecule has 1 amide bonds. The summed E-state index contributed by atoms with van der Waals surface area (Å²) in [6.45, 7) is 2.37. The first kappa shape index (κ1) is 17.5. The number of rotatable bonds is 7. The molecule has 134 valence electrons. The molecule has 1 heterocycles. The Morgan fingerprint density at radius 1 is 1.15 bits per heavy atom. The Morgan fingerprint density at radius 2 is 1.88 bits per heavy atom. The van der Waals surface area contributed by atoms with Gasteiger partial charge in [-0.15, -0.1) is 5.10 Å². The fourth-order valence-corrected chi connectivity index (χ4v) is 2.49. The van der Waals surface area contributed by atoms with Gasteiger partial charge in [0.05, 0.1) is 5.69 Å². The average Bonchev–Trinajstić information content (AvgIpc) is 3.04. The molecule has 2 aromatic carbocycles. The van der Waals surface area contributed by atoms with E-state index in [0.29, 0.717) is 30.4 Å². The number of benzene rings is 2. The average molecular weight is 350 g/mol. The number of ether oxygens (including phenoxy) is 1. The number of anilines is 2. The molecule has 0 atom stereocenters. The second kappa shape index (κ2) is 8.20. The van der Waals surface area contributed by atoms with Crippen molar-refractivity contribution in [2.75, 3.05) is 11.1 Å². The lowest BCUT2D eigenvalue weighted by Crippen LogP contribution is -2.11. The molecule has 6 nitrogen and oxygen atoms in total. The van der Waals surface area contributed by atoms with Crippen LogP contribution < -0.4 is 15.8 Å². The van der Waals surface area contributed by atoms with Crippen molar-refractivity contribution in [3.8, 4) is 11.6 Å². The van der Waals surface area contributed by atoms with E-state index >= 15 is 0 Å². The number of aromatic nitrogens is 2. The summed E-state index contributed by atoms with van der Waals surface area (Å²) in [4.78, 5) is 11.9. The number of nitrogens with zero attached hydrogens (tertiary/aromatic N) is 2. The fourth-order valence-electron chi connectivity index (χ4n) is 2.49. The molecule has 3 rings (SSSR count). The molecule has 0 bridgehead atoms. The summed E-state index contributed by atoms with van der Waals surface area (Å²) >= 11 is 0. The lowest BCUT2D eigenvalue weighted by Gasteiger charge is -2.09. The topological polar surface area (TPSA) is 82.2 Å². The number of carbonyl (C=O) groups is 1. The van der Waals surface area contributed by atoms with Crippen molar-refractivity contribution in [2.45, 2.75) is 26.4 Å². The third-order valence-corrected chi connectivity index (χ3v) is 3.79. The van der Waals surface area contributed by atoms with Crippen molar-refractivity contribution in [3.63, 3.8) is 0 Å². The molecule has 3 N–H and O–H groups in total. The van der Waals surface area contributed by atoms with Crippen molar-refractivity contribution in [2.24, 2.45) is 0 Å². The van der Waals surface area contributed by atoms with Crippen molar-refractivity contribution in [1.29, 1.82) is 0 Å². The molecule has 0 saturated carbocycles. The molecule has 1 aromatic heterocycles. The lowest BCUT2D eigenvalue weighted by molar-refractivity contribution is -0.116. The van der Waals surface area contributed by atoms with E-state index in [1.54, 1.807) is 22.9 Å².